The Morgan fingerprint density at radius 1 is 1.03 bits per heavy atom. The van der Waals surface area contributed by atoms with Crippen LogP contribution < -0.4 is 10.2 Å². The van der Waals surface area contributed by atoms with Gasteiger partial charge in [0.25, 0.3) is 5.69 Å². The van der Waals surface area contributed by atoms with Gasteiger partial charge in [-0.05, 0) is 42.8 Å². The molecule has 11 nitrogen and oxygen atoms in total. The van der Waals surface area contributed by atoms with Crippen molar-refractivity contribution in [2.24, 2.45) is 0 Å². The summed E-state index contributed by atoms with van der Waals surface area (Å²) in [6.45, 7) is 1.90. The molecule has 5 aromatic rings. The van der Waals surface area contributed by atoms with Crippen molar-refractivity contribution in [2.75, 3.05) is 24.3 Å². The summed E-state index contributed by atoms with van der Waals surface area (Å²) in [4.78, 5) is 26.1. The number of nitrogens with zero attached hydrogens (tertiary/aromatic N) is 8. The molecule has 1 N–H and O–H groups in total. The van der Waals surface area contributed by atoms with E-state index in [1.54, 1.807) is 30.7 Å². The van der Waals surface area contributed by atoms with Crippen LogP contribution in [-0.4, -0.2) is 48.7 Å². The van der Waals surface area contributed by atoms with E-state index in [1.807, 2.05) is 66.9 Å². The second kappa shape index (κ2) is 9.37. The van der Waals surface area contributed by atoms with Gasteiger partial charge in [0.2, 0.25) is 5.95 Å². The first-order chi connectivity index (χ1) is 17.4. The second-order valence-corrected chi connectivity index (χ2v) is 8.45. The Morgan fingerprint density at radius 2 is 1.89 bits per heavy atom. The SMILES string of the molecule is C[C@H](Nc1nccc(-n2cnc3cc(-c4ccc(N(C)C)nn4)ccc32)n1)c1cccc([N+](=O)[O-])c1. The van der Waals surface area contributed by atoms with Gasteiger partial charge in [0, 0.05) is 38.0 Å². The molecule has 11 heteroatoms. The first-order valence-corrected chi connectivity index (χ1v) is 11.2. The van der Waals surface area contributed by atoms with Crippen LogP contribution in [-0.2, 0) is 0 Å². The van der Waals surface area contributed by atoms with Crippen LogP contribution in [0.4, 0.5) is 17.5 Å². The molecule has 0 radical (unpaired) electrons. The van der Waals surface area contributed by atoms with Gasteiger partial charge in [-0.25, -0.2) is 9.97 Å². The number of imidazole rings is 1. The van der Waals surface area contributed by atoms with E-state index in [0.717, 1.165) is 33.7 Å². The average molecular weight is 482 g/mol. The van der Waals surface area contributed by atoms with Crippen molar-refractivity contribution in [1.82, 2.24) is 29.7 Å². The number of nitrogens with one attached hydrogen (secondary N) is 1. The molecular weight excluding hydrogens is 458 g/mol. The maximum atomic E-state index is 11.1. The van der Waals surface area contributed by atoms with Crippen LogP contribution >= 0.6 is 0 Å². The van der Waals surface area contributed by atoms with Crippen LogP contribution in [0.1, 0.15) is 18.5 Å². The van der Waals surface area contributed by atoms with Gasteiger partial charge in [0.1, 0.15) is 12.1 Å². The first kappa shape index (κ1) is 22.8. The van der Waals surface area contributed by atoms with Gasteiger partial charge in [-0.1, -0.05) is 18.2 Å². The van der Waals surface area contributed by atoms with Crippen LogP contribution in [0.2, 0.25) is 0 Å². The Morgan fingerprint density at radius 3 is 2.64 bits per heavy atom. The summed E-state index contributed by atoms with van der Waals surface area (Å²) in [5, 5.41) is 22.9. The lowest BCUT2D eigenvalue weighted by Crippen LogP contribution is -2.11. The molecule has 36 heavy (non-hydrogen) atoms. The van der Waals surface area contributed by atoms with Gasteiger partial charge in [0.15, 0.2) is 5.82 Å². The Kier molecular flexibility index (Phi) is 5.95. The highest BCUT2D eigenvalue weighted by Crippen LogP contribution is 2.25. The van der Waals surface area contributed by atoms with Crippen molar-refractivity contribution in [3.63, 3.8) is 0 Å². The summed E-state index contributed by atoms with van der Waals surface area (Å²) < 4.78 is 1.88. The van der Waals surface area contributed by atoms with Gasteiger partial charge in [-0.3, -0.25) is 14.7 Å². The van der Waals surface area contributed by atoms with Crippen molar-refractivity contribution in [3.8, 4) is 17.1 Å². The minimum absolute atomic E-state index is 0.0414. The molecule has 0 saturated heterocycles. The molecule has 0 spiro atoms. The molecule has 0 aliphatic heterocycles. The molecule has 0 unspecified atom stereocenters. The van der Waals surface area contributed by atoms with Gasteiger partial charge in [-0.15, -0.1) is 10.2 Å². The summed E-state index contributed by atoms with van der Waals surface area (Å²) in [7, 11) is 3.84. The largest absolute Gasteiger partial charge is 0.361 e. The fourth-order valence-electron chi connectivity index (χ4n) is 3.81. The maximum absolute atomic E-state index is 11.1. The number of anilines is 2. The predicted molar refractivity (Wildman–Crippen MR) is 137 cm³/mol. The third-order valence-corrected chi connectivity index (χ3v) is 5.77. The number of nitro benzene ring substituents is 1. The molecule has 0 aliphatic carbocycles. The molecule has 0 amide bonds. The van der Waals surface area contributed by atoms with Crippen LogP contribution in [0.3, 0.4) is 0 Å². The van der Waals surface area contributed by atoms with Crippen LogP contribution in [0, 0.1) is 10.1 Å². The molecule has 1 atom stereocenters. The lowest BCUT2D eigenvalue weighted by molar-refractivity contribution is -0.384. The Hall–Kier alpha value is -4.93. The Bertz CT molecular complexity index is 1550. The number of hydrogen-bond donors (Lipinski definition) is 1. The maximum Gasteiger partial charge on any atom is 0.269 e. The first-order valence-electron chi connectivity index (χ1n) is 11.2. The monoisotopic (exact) mass is 481 g/mol. The van der Waals surface area contributed by atoms with Crippen molar-refractivity contribution in [3.05, 3.63) is 88.9 Å². The number of benzene rings is 2. The zero-order valence-electron chi connectivity index (χ0n) is 19.9. The molecule has 0 saturated carbocycles. The highest BCUT2D eigenvalue weighted by Gasteiger charge is 2.14. The molecule has 3 heterocycles. The normalized spacial score (nSPS) is 11.9. The summed E-state index contributed by atoms with van der Waals surface area (Å²) in [6, 6.07) is 17.8. The lowest BCUT2D eigenvalue weighted by atomic mass is 10.1. The van der Waals surface area contributed by atoms with Crippen LogP contribution in [0.25, 0.3) is 28.1 Å². The van der Waals surface area contributed by atoms with E-state index in [0.29, 0.717) is 11.8 Å². The van der Waals surface area contributed by atoms with E-state index in [-0.39, 0.29) is 11.7 Å². The topological polar surface area (TPSA) is 128 Å². The fourth-order valence-corrected chi connectivity index (χ4v) is 3.81. The Balaban J connectivity index is 1.40. The van der Waals surface area contributed by atoms with Gasteiger partial charge in [-0.2, -0.15) is 4.98 Å². The number of nitro groups is 1. The molecule has 0 aliphatic rings. The fraction of sp³-hybridized carbons (Fsp3) is 0.160. The van der Waals surface area contributed by atoms with E-state index in [1.165, 1.54) is 6.07 Å². The number of non-ortho nitro benzene ring substituents is 1. The highest BCUT2D eigenvalue weighted by molar-refractivity contribution is 5.82. The van der Waals surface area contributed by atoms with E-state index in [4.69, 9.17) is 0 Å². The van der Waals surface area contributed by atoms with Crippen molar-refractivity contribution in [2.45, 2.75) is 13.0 Å². The van der Waals surface area contributed by atoms with E-state index >= 15 is 0 Å². The van der Waals surface area contributed by atoms with Crippen LogP contribution in [0.5, 0.6) is 0 Å². The van der Waals surface area contributed by atoms with Crippen molar-refractivity contribution >= 4 is 28.5 Å². The molecule has 2 aromatic carbocycles. The van der Waals surface area contributed by atoms with E-state index < -0.39 is 4.92 Å². The standard InChI is InChI=1S/C25H23N9O2/c1-16(17-5-4-6-19(13-17)34(35)36)28-25-26-12-11-23(29-25)33-15-27-21-14-18(7-9-22(21)33)20-8-10-24(31-30-20)32(2)3/h4-16H,1-3H3,(H,26,28,29)/t16-/m0/s1. The summed E-state index contributed by atoms with van der Waals surface area (Å²) in [6.07, 6.45) is 3.37. The minimum atomic E-state index is -0.408. The molecule has 0 bridgehead atoms. The zero-order chi connectivity index (χ0) is 25.2. The van der Waals surface area contributed by atoms with E-state index in [9.17, 15) is 10.1 Å². The Labute approximate surface area is 206 Å². The van der Waals surface area contributed by atoms with Crippen molar-refractivity contribution < 1.29 is 4.92 Å². The zero-order valence-corrected chi connectivity index (χ0v) is 19.9. The van der Waals surface area contributed by atoms with Crippen molar-refractivity contribution in [1.29, 1.82) is 0 Å². The minimum Gasteiger partial charge on any atom is -0.361 e. The summed E-state index contributed by atoms with van der Waals surface area (Å²) in [5.41, 5.74) is 4.17. The second-order valence-electron chi connectivity index (χ2n) is 8.45. The lowest BCUT2D eigenvalue weighted by Gasteiger charge is -2.14. The number of aromatic nitrogens is 6. The predicted octanol–water partition coefficient (Wildman–Crippen LogP) is 4.42. The van der Waals surface area contributed by atoms with Gasteiger partial charge in [0.05, 0.1) is 27.7 Å². The number of fused-ring (bicyclic) bond motifs is 1. The highest BCUT2D eigenvalue weighted by atomic mass is 16.6. The molecule has 180 valence electrons. The van der Waals surface area contributed by atoms with Crippen LogP contribution in [0.15, 0.2) is 73.2 Å². The molecular formula is C25H23N9O2. The number of rotatable bonds is 7. The molecule has 0 fully saturated rings. The third-order valence-electron chi connectivity index (χ3n) is 5.77. The number of hydrogen-bond acceptors (Lipinski definition) is 9. The third kappa shape index (κ3) is 4.53. The molecule has 5 rings (SSSR count). The average Bonchev–Trinajstić information content (AvgIpc) is 3.32. The smallest absolute Gasteiger partial charge is 0.269 e. The van der Waals surface area contributed by atoms with E-state index in [2.05, 4.69) is 30.5 Å². The van der Waals surface area contributed by atoms with Gasteiger partial charge >= 0.3 is 0 Å². The summed E-state index contributed by atoms with van der Waals surface area (Å²) >= 11 is 0. The summed E-state index contributed by atoms with van der Waals surface area (Å²) in [5.74, 6) is 1.84. The molecule has 3 aromatic heterocycles. The van der Waals surface area contributed by atoms with Gasteiger partial charge < -0.3 is 10.2 Å². The quantitative estimate of drug-likeness (QED) is 0.265.